The Bertz CT molecular complexity index is 445. The summed E-state index contributed by atoms with van der Waals surface area (Å²) >= 11 is 0. The van der Waals surface area contributed by atoms with Crippen molar-refractivity contribution in [3.8, 4) is 0 Å². The van der Waals surface area contributed by atoms with Gasteiger partial charge in [-0.1, -0.05) is 17.7 Å². The van der Waals surface area contributed by atoms with Gasteiger partial charge in [-0.25, -0.2) is 4.79 Å². The van der Waals surface area contributed by atoms with E-state index in [0.717, 1.165) is 12.1 Å². The van der Waals surface area contributed by atoms with Gasteiger partial charge in [0.2, 0.25) is 0 Å². The zero-order valence-corrected chi connectivity index (χ0v) is 10.8. The van der Waals surface area contributed by atoms with Gasteiger partial charge in [0.05, 0.1) is 6.10 Å². The first kappa shape index (κ1) is 12.9. The van der Waals surface area contributed by atoms with Crippen molar-refractivity contribution in [1.29, 1.82) is 0 Å². The number of nitrogens with one attached hydrogen (secondary N) is 1. The lowest BCUT2D eigenvalue weighted by Gasteiger charge is -2.15. The van der Waals surface area contributed by atoms with Crippen molar-refractivity contribution < 1.29 is 14.6 Å². The Hall–Kier alpha value is -1.55. The van der Waals surface area contributed by atoms with Crippen LogP contribution in [0.25, 0.3) is 0 Å². The first-order valence-corrected chi connectivity index (χ1v) is 6.25. The lowest BCUT2D eigenvalue weighted by molar-refractivity contribution is -0.149. The van der Waals surface area contributed by atoms with Crippen LogP contribution in [0, 0.1) is 13.8 Å². The minimum atomic E-state index is -0.857. The number of benzene rings is 1. The summed E-state index contributed by atoms with van der Waals surface area (Å²) in [6, 6.07) is 6.23. The monoisotopic (exact) mass is 249 g/mol. The molecule has 1 aliphatic rings. The van der Waals surface area contributed by atoms with Gasteiger partial charge in [-0.2, -0.15) is 0 Å². The Balaban J connectivity index is 1.87. The summed E-state index contributed by atoms with van der Waals surface area (Å²) in [7, 11) is 0. The number of ether oxygens (including phenoxy) is 1. The molecule has 1 saturated heterocycles. The third-order valence-electron chi connectivity index (χ3n) is 3.29. The number of hydrogen-bond acceptors (Lipinski definition) is 3. The highest BCUT2D eigenvalue weighted by Crippen LogP contribution is 2.21. The van der Waals surface area contributed by atoms with Gasteiger partial charge in [0.1, 0.15) is 0 Å². The Morgan fingerprint density at radius 1 is 1.44 bits per heavy atom. The fourth-order valence-electron chi connectivity index (χ4n) is 2.27. The fraction of sp³-hybridized carbons (Fsp3) is 0.500. The molecular weight excluding hydrogens is 230 g/mol. The van der Waals surface area contributed by atoms with Crippen molar-refractivity contribution in [3.05, 3.63) is 29.3 Å². The van der Waals surface area contributed by atoms with Crippen molar-refractivity contribution in [1.82, 2.24) is 0 Å². The highest BCUT2D eigenvalue weighted by atomic mass is 16.5. The zero-order chi connectivity index (χ0) is 13.1. The molecule has 4 nitrogen and oxygen atoms in total. The number of anilines is 1. The number of carboxylic acid groups (broad SMARTS) is 1. The smallest absolute Gasteiger partial charge is 0.332 e. The molecule has 2 atom stereocenters. The molecule has 1 heterocycles. The van der Waals surface area contributed by atoms with Gasteiger partial charge in [0, 0.05) is 12.2 Å². The van der Waals surface area contributed by atoms with Gasteiger partial charge in [-0.3, -0.25) is 0 Å². The predicted molar refractivity (Wildman–Crippen MR) is 69.9 cm³/mol. The first-order valence-electron chi connectivity index (χ1n) is 6.25. The van der Waals surface area contributed by atoms with Crippen molar-refractivity contribution in [2.45, 2.75) is 38.9 Å². The molecule has 18 heavy (non-hydrogen) atoms. The Kier molecular flexibility index (Phi) is 3.87. The Morgan fingerprint density at radius 3 is 2.83 bits per heavy atom. The van der Waals surface area contributed by atoms with E-state index in [1.54, 1.807) is 0 Å². The molecule has 0 spiro atoms. The lowest BCUT2D eigenvalue weighted by atomic mass is 10.1. The van der Waals surface area contributed by atoms with E-state index in [0.29, 0.717) is 13.0 Å². The summed E-state index contributed by atoms with van der Waals surface area (Å²) in [5.41, 5.74) is 3.52. The average Bonchev–Trinajstić information content (AvgIpc) is 2.76. The number of carbonyl (C=O) groups is 1. The van der Waals surface area contributed by atoms with E-state index < -0.39 is 12.1 Å². The summed E-state index contributed by atoms with van der Waals surface area (Å²) in [6.07, 6.45) is 0.770. The SMILES string of the molecule is Cc1ccc(NCC2CCC(C(=O)O)O2)c(C)c1. The second-order valence-electron chi connectivity index (χ2n) is 4.86. The maximum absolute atomic E-state index is 10.8. The number of hydrogen-bond donors (Lipinski definition) is 2. The second-order valence-corrected chi connectivity index (χ2v) is 4.86. The van der Waals surface area contributed by atoms with Crippen molar-refractivity contribution >= 4 is 11.7 Å². The van der Waals surface area contributed by atoms with E-state index in [1.165, 1.54) is 11.1 Å². The normalized spacial score (nSPS) is 23.0. The molecule has 4 heteroatoms. The Labute approximate surface area is 107 Å². The molecule has 1 aliphatic heterocycles. The first-order chi connectivity index (χ1) is 8.56. The molecular formula is C14H19NO3. The molecule has 2 unspecified atom stereocenters. The van der Waals surface area contributed by atoms with Crippen LogP contribution in [0.15, 0.2) is 18.2 Å². The second kappa shape index (κ2) is 5.40. The predicted octanol–water partition coefficient (Wildman–Crippen LogP) is 2.35. The lowest BCUT2D eigenvalue weighted by Crippen LogP contribution is -2.24. The number of aliphatic carboxylic acids is 1. The van der Waals surface area contributed by atoms with E-state index in [9.17, 15) is 4.79 Å². The molecule has 0 radical (unpaired) electrons. The minimum Gasteiger partial charge on any atom is -0.479 e. The van der Waals surface area contributed by atoms with Crippen LogP contribution in [0.3, 0.4) is 0 Å². The zero-order valence-electron chi connectivity index (χ0n) is 10.8. The van der Waals surface area contributed by atoms with Crippen LogP contribution in [-0.4, -0.2) is 29.8 Å². The van der Waals surface area contributed by atoms with E-state index >= 15 is 0 Å². The molecule has 1 aromatic carbocycles. The van der Waals surface area contributed by atoms with Crippen LogP contribution in [0.4, 0.5) is 5.69 Å². The summed E-state index contributed by atoms with van der Waals surface area (Å²) < 4.78 is 5.45. The summed E-state index contributed by atoms with van der Waals surface area (Å²) in [6.45, 7) is 4.78. The standard InChI is InChI=1S/C14H19NO3/c1-9-3-5-12(10(2)7-9)15-8-11-4-6-13(18-11)14(16)17/h3,5,7,11,13,15H,4,6,8H2,1-2H3,(H,16,17). The Morgan fingerprint density at radius 2 is 2.22 bits per heavy atom. The van der Waals surface area contributed by atoms with Crippen molar-refractivity contribution in [2.75, 3.05) is 11.9 Å². The van der Waals surface area contributed by atoms with E-state index in [4.69, 9.17) is 9.84 Å². The van der Waals surface area contributed by atoms with Crippen molar-refractivity contribution in [3.63, 3.8) is 0 Å². The maximum Gasteiger partial charge on any atom is 0.332 e. The average molecular weight is 249 g/mol. The third-order valence-corrected chi connectivity index (χ3v) is 3.29. The molecule has 2 N–H and O–H groups in total. The van der Waals surface area contributed by atoms with E-state index in [-0.39, 0.29) is 6.10 Å². The van der Waals surface area contributed by atoms with Gasteiger partial charge in [-0.15, -0.1) is 0 Å². The van der Waals surface area contributed by atoms with Crippen LogP contribution >= 0.6 is 0 Å². The molecule has 0 saturated carbocycles. The largest absolute Gasteiger partial charge is 0.479 e. The maximum atomic E-state index is 10.8. The van der Waals surface area contributed by atoms with Crippen LogP contribution < -0.4 is 5.32 Å². The molecule has 2 rings (SSSR count). The van der Waals surface area contributed by atoms with Gasteiger partial charge in [0.25, 0.3) is 0 Å². The fourth-order valence-corrected chi connectivity index (χ4v) is 2.27. The number of rotatable bonds is 4. The van der Waals surface area contributed by atoms with Crippen LogP contribution in [-0.2, 0) is 9.53 Å². The highest BCUT2D eigenvalue weighted by Gasteiger charge is 2.30. The summed E-state index contributed by atoms with van der Waals surface area (Å²) in [4.78, 5) is 10.8. The van der Waals surface area contributed by atoms with Crippen LogP contribution in [0.2, 0.25) is 0 Å². The topological polar surface area (TPSA) is 58.6 Å². The van der Waals surface area contributed by atoms with Crippen molar-refractivity contribution in [2.24, 2.45) is 0 Å². The molecule has 98 valence electrons. The molecule has 1 aromatic rings. The molecule has 0 aromatic heterocycles. The molecule has 0 amide bonds. The van der Waals surface area contributed by atoms with E-state index in [2.05, 4.69) is 31.3 Å². The highest BCUT2D eigenvalue weighted by molar-refractivity contribution is 5.72. The molecule has 0 aliphatic carbocycles. The van der Waals surface area contributed by atoms with Crippen LogP contribution in [0.1, 0.15) is 24.0 Å². The summed E-state index contributed by atoms with van der Waals surface area (Å²) in [5, 5.41) is 12.2. The minimum absolute atomic E-state index is 0.00759. The van der Waals surface area contributed by atoms with Crippen LogP contribution in [0.5, 0.6) is 0 Å². The molecule has 1 fully saturated rings. The third kappa shape index (κ3) is 3.01. The van der Waals surface area contributed by atoms with Gasteiger partial charge in [-0.05, 0) is 38.3 Å². The number of aryl methyl sites for hydroxylation is 2. The quantitative estimate of drug-likeness (QED) is 0.860. The number of carboxylic acids is 1. The van der Waals surface area contributed by atoms with E-state index in [1.807, 2.05) is 6.07 Å². The van der Waals surface area contributed by atoms with Gasteiger partial charge < -0.3 is 15.2 Å². The van der Waals surface area contributed by atoms with Gasteiger partial charge >= 0.3 is 5.97 Å². The summed E-state index contributed by atoms with van der Waals surface area (Å²) in [5.74, 6) is -0.857. The molecule has 0 bridgehead atoms. The van der Waals surface area contributed by atoms with Gasteiger partial charge in [0.15, 0.2) is 6.10 Å².